The number of amides is 2. The van der Waals surface area contributed by atoms with Crippen molar-refractivity contribution in [3.05, 3.63) is 18.6 Å². The molecule has 1 saturated heterocycles. The molecular formula is C11H13N5O2. The summed E-state index contributed by atoms with van der Waals surface area (Å²) in [6, 6.07) is 1.69. The summed E-state index contributed by atoms with van der Waals surface area (Å²) in [5.74, 6) is 0. The lowest BCUT2D eigenvalue weighted by molar-refractivity contribution is 0.0564. The van der Waals surface area contributed by atoms with Crippen molar-refractivity contribution >= 4 is 22.9 Å². The fourth-order valence-electron chi connectivity index (χ4n) is 1.87. The Bertz CT molecular complexity index is 561. The zero-order valence-corrected chi connectivity index (χ0v) is 9.72. The third kappa shape index (κ3) is 2.12. The number of H-pyrrole nitrogens is 1. The minimum Gasteiger partial charge on any atom is -0.378 e. The number of hydrogen-bond donors (Lipinski definition) is 2. The van der Waals surface area contributed by atoms with E-state index in [9.17, 15) is 4.79 Å². The summed E-state index contributed by atoms with van der Waals surface area (Å²) in [6.07, 6.45) is 3.17. The number of carbonyl (C=O) groups is 1. The van der Waals surface area contributed by atoms with E-state index in [4.69, 9.17) is 4.74 Å². The van der Waals surface area contributed by atoms with Crippen LogP contribution < -0.4 is 5.32 Å². The number of hydrogen-bond acceptors (Lipinski definition) is 4. The topological polar surface area (TPSA) is 83.1 Å². The van der Waals surface area contributed by atoms with Crippen molar-refractivity contribution in [2.75, 3.05) is 31.6 Å². The van der Waals surface area contributed by atoms with E-state index in [1.807, 2.05) is 6.07 Å². The van der Waals surface area contributed by atoms with Crippen molar-refractivity contribution in [3.8, 4) is 0 Å². The largest absolute Gasteiger partial charge is 0.378 e. The first-order valence-corrected chi connectivity index (χ1v) is 5.76. The highest BCUT2D eigenvalue weighted by Crippen LogP contribution is 2.13. The van der Waals surface area contributed by atoms with Gasteiger partial charge in [0.05, 0.1) is 36.9 Å². The number of morpholine rings is 1. The van der Waals surface area contributed by atoms with Crippen LogP contribution in [0.4, 0.5) is 10.5 Å². The second-order valence-electron chi connectivity index (χ2n) is 4.03. The molecule has 0 aliphatic carbocycles. The second-order valence-corrected chi connectivity index (χ2v) is 4.03. The standard InChI is InChI=1S/C11H13N5O2/c17-11(16-1-3-18-4-2-16)15-8-5-9-10(12-6-8)14-7-13-9/h5-7H,1-4H2,(H,15,17)(H,12,13,14). The molecule has 0 atom stereocenters. The average Bonchev–Trinajstić information content (AvgIpc) is 2.87. The van der Waals surface area contributed by atoms with Gasteiger partial charge in [-0.2, -0.15) is 0 Å². The highest BCUT2D eigenvalue weighted by molar-refractivity contribution is 5.90. The van der Waals surface area contributed by atoms with E-state index in [2.05, 4.69) is 20.3 Å². The third-order valence-electron chi connectivity index (χ3n) is 2.82. The quantitative estimate of drug-likeness (QED) is 0.781. The summed E-state index contributed by atoms with van der Waals surface area (Å²) < 4.78 is 5.20. The number of aromatic nitrogens is 3. The monoisotopic (exact) mass is 247 g/mol. The van der Waals surface area contributed by atoms with Crippen molar-refractivity contribution in [1.82, 2.24) is 19.9 Å². The number of rotatable bonds is 1. The summed E-state index contributed by atoms with van der Waals surface area (Å²) >= 11 is 0. The van der Waals surface area contributed by atoms with Gasteiger partial charge in [-0.25, -0.2) is 14.8 Å². The van der Waals surface area contributed by atoms with Gasteiger partial charge in [-0.3, -0.25) is 0 Å². The van der Waals surface area contributed by atoms with E-state index in [1.165, 1.54) is 0 Å². The first-order valence-electron chi connectivity index (χ1n) is 5.76. The first-order chi connectivity index (χ1) is 8.83. The second kappa shape index (κ2) is 4.61. The molecule has 2 aromatic rings. The Kier molecular flexibility index (Phi) is 2.81. The number of imidazole rings is 1. The van der Waals surface area contributed by atoms with Crippen LogP contribution in [0.1, 0.15) is 0 Å². The molecule has 94 valence electrons. The van der Waals surface area contributed by atoms with Gasteiger partial charge in [-0.05, 0) is 6.07 Å². The van der Waals surface area contributed by atoms with Crippen LogP contribution in [-0.2, 0) is 4.74 Å². The fourth-order valence-corrected chi connectivity index (χ4v) is 1.87. The lowest BCUT2D eigenvalue weighted by atomic mass is 10.4. The van der Waals surface area contributed by atoms with E-state index in [1.54, 1.807) is 17.4 Å². The van der Waals surface area contributed by atoms with Gasteiger partial charge < -0.3 is 19.9 Å². The van der Waals surface area contributed by atoms with Gasteiger partial charge in [-0.1, -0.05) is 0 Å². The maximum absolute atomic E-state index is 11.9. The normalized spacial score (nSPS) is 15.9. The van der Waals surface area contributed by atoms with Crippen LogP contribution >= 0.6 is 0 Å². The van der Waals surface area contributed by atoms with E-state index in [0.717, 1.165) is 5.52 Å². The lowest BCUT2D eigenvalue weighted by Crippen LogP contribution is -2.43. The number of carbonyl (C=O) groups excluding carboxylic acids is 1. The summed E-state index contributed by atoms with van der Waals surface area (Å²) in [5, 5.41) is 2.81. The summed E-state index contributed by atoms with van der Waals surface area (Å²) in [6.45, 7) is 2.41. The van der Waals surface area contributed by atoms with Crippen LogP contribution in [0.5, 0.6) is 0 Å². The summed E-state index contributed by atoms with van der Waals surface area (Å²) in [4.78, 5) is 24.8. The lowest BCUT2D eigenvalue weighted by Gasteiger charge is -2.26. The zero-order valence-electron chi connectivity index (χ0n) is 9.72. The molecular weight excluding hydrogens is 234 g/mol. The molecule has 3 rings (SSSR count). The Morgan fingerprint density at radius 1 is 1.39 bits per heavy atom. The maximum atomic E-state index is 11.9. The van der Waals surface area contributed by atoms with E-state index in [-0.39, 0.29) is 6.03 Å². The van der Waals surface area contributed by atoms with Gasteiger partial charge in [0.15, 0.2) is 5.65 Å². The van der Waals surface area contributed by atoms with Crippen LogP contribution in [0.2, 0.25) is 0 Å². The van der Waals surface area contributed by atoms with Crippen LogP contribution in [0.25, 0.3) is 11.2 Å². The molecule has 0 unspecified atom stereocenters. The average molecular weight is 247 g/mol. The molecule has 3 heterocycles. The Morgan fingerprint density at radius 2 is 2.22 bits per heavy atom. The minimum atomic E-state index is -0.126. The number of ether oxygens (including phenoxy) is 1. The number of fused-ring (bicyclic) bond motifs is 1. The fraction of sp³-hybridized carbons (Fsp3) is 0.364. The van der Waals surface area contributed by atoms with Gasteiger partial charge in [-0.15, -0.1) is 0 Å². The van der Waals surface area contributed by atoms with Gasteiger partial charge >= 0.3 is 6.03 Å². The molecule has 0 radical (unpaired) electrons. The van der Waals surface area contributed by atoms with Gasteiger partial charge in [0, 0.05) is 13.1 Å². The summed E-state index contributed by atoms with van der Waals surface area (Å²) in [7, 11) is 0. The molecule has 2 amide bonds. The molecule has 2 aromatic heterocycles. The van der Waals surface area contributed by atoms with Crippen LogP contribution in [-0.4, -0.2) is 52.2 Å². The molecule has 2 N–H and O–H groups in total. The van der Waals surface area contributed by atoms with Crippen LogP contribution in [0.3, 0.4) is 0 Å². The predicted octanol–water partition coefficient (Wildman–Crippen LogP) is 0.822. The number of aromatic amines is 1. The Balaban J connectivity index is 1.72. The molecule has 18 heavy (non-hydrogen) atoms. The SMILES string of the molecule is O=C(Nc1cnc2nc[nH]c2c1)N1CCOCC1. The molecule has 1 aliphatic heterocycles. The highest BCUT2D eigenvalue weighted by Gasteiger charge is 2.16. The number of pyridine rings is 1. The van der Waals surface area contributed by atoms with Crippen molar-refractivity contribution in [2.24, 2.45) is 0 Å². The smallest absolute Gasteiger partial charge is 0.322 e. The molecule has 0 aromatic carbocycles. The number of nitrogens with one attached hydrogen (secondary N) is 2. The molecule has 7 nitrogen and oxygen atoms in total. The molecule has 1 fully saturated rings. The predicted molar refractivity (Wildman–Crippen MR) is 65.3 cm³/mol. The van der Waals surface area contributed by atoms with Gasteiger partial charge in [0.25, 0.3) is 0 Å². The first kappa shape index (κ1) is 11.0. The molecule has 7 heteroatoms. The Hall–Kier alpha value is -2.15. The van der Waals surface area contributed by atoms with Crippen molar-refractivity contribution in [3.63, 3.8) is 0 Å². The molecule has 0 saturated carbocycles. The Labute approximate surface area is 103 Å². The van der Waals surface area contributed by atoms with E-state index >= 15 is 0 Å². The molecule has 0 spiro atoms. The number of anilines is 1. The van der Waals surface area contributed by atoms with Gasteiger partial charge in [0.1, 0.15) is 0 Å². The number of urea groups is 1. The molecule has 1 aliphatic rings. The van der Waals surface area contributed by atoms with Crippen molar-refractivity contribution in [2.45, 2.75) is 0 Å². The highest BCUT2D eigenvalue weighted by atomic mass is 16.5. The van der Waals surface area contributed by atoms with E-state index in [0.29, 0.717) is 37.6 Å². The van der Waals surface area contributed by atoms with E-state index < -0.39 is 0 Å². The zero-order chi connectivity index (χ0) is 12.4. The third-order valence-corrected chi connectivity index (χ3v) is 2.82. The van der Waals surface area contributed by atoms with Gasteiger partial charge in [0.2, 0.25) is 0 Å². The van der Waals surface area contributed by atoms with Crippen LogP contribution in [0, 0.1) is 0 Å². The van der Waals surface area contributed by atoms with Crippen molar-refractivity contribution < 1.29 is 9.53 Å². The maximum Gasteiger partial charge on any atom is 0.322 e. The molecule has 0 bridgehead atoms. The number of nitrogens with zero attached hydrogens (tertiary/aromatic N) is 3. The van der Waals surface area contributed by atoms with Crippen molar-refractivity contribution in [1.29, 1.82) is 0 Å². The summed E-state index contributed by atoms with van der Waals surface area (Å²) in [5.41, 5.74) is 2.09. The minimum absolute atomic E-state index is 0.126. The Morgan fingerprint density at radius 3 is 3.06 bits per heavy atom. The van der Waals surface area contributed by atoms with Crippen LogP contribution in [0.15, 0.2) is 18.6 Å².